The minimum atomic E-state index is -0.486. The number of hydrogen-bond acceptors (Lipinski definition) is 2. The van der Waals surface area contributed by atoms with E-state index < -0.39 is 5.41 Å². The topological polar surface area (TPSA) is 16.1 Å². The van der Waals surface area contributed by atoms with Crippen LogP contribution in [-0.2, 0) is 5.41 Å². The van der Waals surface area contributed by atoms with Gasteiger partial charge in [-0.15, -0.1) is 0 Å². The third kappa shape index (κ3) is 4.31. The molecular formula is C52H34N2. The third-order valence-corrected chi connectivity index (χ3v) is 11.5. The summed E-state index contributed by atoms with van der Waals surface area (Å²) in [7, 11) is 0. The fourth-order valence-electron chi connectivity index (χ4n) is 9.34. The SMILES string of the molecule is c1ccc(-c2cc(-c3ccc4c5c(cccc35)N(c3ccccc3)c3c-4ccc4c3-c3ccccc3C4(c3ccccc3)c3ccccc3)ccn2)cc1. The summed E-state index contributed by atoms with van der Waals surface area (Å²) in [5, 5.41) is 2.48. The number of nitrogens with zero attached hydrogens (tertiary/aromatic N) is 2. The van der Waals surface area contributed by atoms with Crippen molar-refractivity contribution >= 4 is 27.8 Å². The molecule has 11 rings (SSSR count). The zero-order chi connectivity index (χ0) is 35.6. The Balaban J connectivity index is 1.23. The molecule has 54 heavy (non-hydrogen) atoms. The maximum absolute atomic E-state index is 4.76. The van der Waals surface area contributed by atoms with Crippen molar-refractivity contribution in [1.82, 2.24) is 4.98 Å². The zero-order valence-corrected chi connectivity index (χ0v) is 29.5. The molecule has 8 aromatic carbocycles. The van der Waals surface area contributed by atoms with Gasteiger partial charge in [-0.2, -0.15) is 0 Å². The molecule has 0 radical (unpaired) electrons. The smallest absolute Gasteiger partial charge is 0.0714 e. The van der Waals surface area contributed by atoms with Crippen LogP contribution < -0.4 is 4.90 Å². The van der Waals surface area contributed by atoms with Crippen LogP contribution in [0.15, 0.2) is 206 Å². The van der Waals surface area contributed by atoms with E-state index in [1.807, 2.05) is 12.3 Å². The Morgan fingerprint density at radius 3 is 1.80 bits per heavy atom. The number of para-hydroxylation sites is 1. The van der Waals surface area contributed by atoms with E-state index in [2.05, 4.69) is 199 Å². The second kappa shape index (κ2) is 12.0. The van der Waals surface area contributed by atoms with E-state index in [1.165, 1.54) is 72.2 Å². The Hall–Kier alpha value is -7.03. The van der Waals surface area contributed by atoms with Gasteiger partial charge < -0.3 is 4.90 Å². The van der Waals surface area contributed by atoms with Gasteiger partial charge in [-0.25, -0.2) is 0 Å². The lowest BCUT2D eigenvalue weighted by molar-refractivity contribution is 0.768. The first-order valence-electron chi connectivity index (χ1n) is 18.6. The summed E-state index contributed by atoms with van der Waals surface area (Å²) in [4.78, 5) is 7.28. The van der Waals surface area contributed by atoms with Crippen molar-refractivity contribution in [2.75, 3.05) is 4.90 Å². The Kier molecular flexibility index (Phi) is 6.80. The van der Waals surface area contributed by atoms with Crippen molar-refractivity contribution in [1.29, 1.82) is 0 Å². The van der Waals surface area contributed by atoms with Gasteiger partial charge in [0.05, 0.1) is 22.5 Å². The number of rotatable bonds is 5. The summed E-state index contributed by atoms with van der Waals surface area (Å²) in [6, 6.07) is 73.2. The first-order valence-corrected chi connectivity index (χ1v) is 18.6. The van der Waals surface area contributed by atoms with Crippen molar-refractivity contribution < 1.29 is 0 Å². The van der Waals surface area contributed by atoms with Gasteiger partial charge >= 0.3 is 0 Å². The third-order valence-electron chi connectivity index (χ3n) is 11.5. The molecule has 1 aliphatic heterocycles. The van der Waals surface area contributed by atoms with Crippen LogP contribution in [0.2, 0.25) is 0 Å². The summed E-state index contributed by atoms with van der Waals surface area (Å²) in [6.07, 6.45) is 1.94. The summed E-state index contributed by atoms with van der Waals surface area (Å²) in [5.41, 5.74) is 17.7. The van der Waals surface area contributed by atoms with Gasteiger partial charge in [0.1, 0.15) is 0 Å². The van der Waals surface area contributed by atoms with E-state index in [-0.39, 0.29) is 0 Å². The van der Waals surface area contributed by atoms with Crippen molar-refractivity contribution in [3.8, 4) is 44.6 Å². The number of benzene rings is 8. The first kappa shape index (κ1) is 30.6. The van der Waals surface area contributed by atoms with Crippen molar-refractivity contribution in [3.05, 3.63) is 229 Å². The second-order valence-electron chi connectivity index (χ2n) is 14.2. The molecule has 2 nitrogen and oxygen atoms in total. The minimum absolute atomic E-state index is 0.486. The Morgan fingerprint density at radius 1 is 0.426 bits per heavy atom. The lowest BCUT2D eigenvalue weighted by atomic mass is 9.67. The number of fused-ring (bicyclic) bond motifs is 6. The number of aromatic nitrogens is 1. The van der Waals surface area contributed by atoms with Crippen LogP contribution in [0.25, 0.3) is 55.4 Å². The van der Waals surface area contributed by atoms with Gasteiger partial charge in [-0.3, -0.25) is 4.98 Å². The van der Waals surface area contributed by atoms with E-state index in [9.17, 15) is 0 Å². The standard InChI is InChI=1S/C52H34N2/c1-5-16-35(17-6-1)47-34-36(32-33-53-47)40-28-29-42-43-30-31-46-50(51(43)54(39-22-11-4-12-23-39)48-27-15-25-41(40)49(42)48)44-24-13-14-26-45(44)52(46,37-18-7-2-8-19-37)38-20-9-3-10-21-38/h1-34H. The van der Waals surface area contributed by atoms with E-state index in [0.29, 0.717) is 0 Å². The summed E-state index contributed by atoms with van der Waals surface area (Å²) in [6.45, 7) is 0. The summed E-state index contributed by atoms with van der Waals surface area (Å²) >= 11 is 0. The van der Waals surface area contributed by atoms with Gasteiger partial charge in [0, 0.05) is 34.0 Å². The molecule has 0 atom stereocenters. The Morgan fingerprint density at radius 2 is 1.06 bits per heavy atom. The fraction of sp³-hybridized carbons (Fsp3) is 0.0192. The quantitative estimate of drug-likeness (QED) is 0.179. The van der Waals surface area contributed by atoms with Crippen LogP contribution in [0.1, 0.15) is 22.3 Å². The molecule has 0 saturated carbocycles. The summed E-state index contributed by atoms with van der Waals surface area (Å²) in [5.74, 6) is 0. The molecule has 2 heteroatoms. The van der Waals surface area contributed by atoms with Gasteiger partial charge in [-0.05, 0) is 80.2 Å². The van der Waals surface area contributed by atoms with E-state index in [1.54, 1.807) is 0 Å². The molecule has 0 saturated heterocycles. The maximum Gasteiger partial charge on any atom is 0.0714 e. The Bertz CT molecular complexity index is 2820. The monoisotopic (exact) mass is 686 g/mol. The van der Waals surface area contributed by atoms with Crippen molar-refractivity contribution in [2.24, 2.45) is 0 Å². The van der Waals surface area contributed by atoms with Gasteiger partial charge in [0.2, 0.25) is 0 Å². The highest BCUT2D eigenvalue weighted by Crippen LogP contribution is 2.63. The lowest BCUT2D eigenvalue weighted by Crippen LogP contribution is -2.28. The molecule has 0 spiro atoms. The van der Waals surface area contributed by atoms with Crippen LogP contribution in [0.3, 0.4) is 0 Å². The highest BCUT2D eigenvalue weighted by atomic mass is 15.2. The molecule has 1 aromatic heterocycles. The van der Waals surface area contributed by atoms with Crippen LogP contribution in [0.5, 0.6) is 0 Å². The van der Waals surface area contributed by atoms with E-state index in [4.69, 9.17) is 4.98 Å². The van der Waals surface area contributed by atoms with Gasteiger partial charge in [0.25, 0.3) is 0 Å². The first-order chi connectivity index (χ1) is 26.8. The average Bonchev–Trinajstić information content (AvgIpc) is 3.56. The lowest BCUT2D eigenvalue weighted by Gasteiger charge is -2.37. The van der Waals surface area contributed by atoms with Gasteiger partial charge in [-0.1, -0.05) is 170 Å². The molecular weight excluding hydrogens is 653 g/mol. The van der Waals surface area contributed by atoms with E-state index >= 15 is 0 Å². The normalized spacial score (nSPS) is 13.3. The zero-order valence-electron chi connectivity index (χ0n) is 29.5. The number of hydrogen-bond donors (Lipinski definition) is 0. The van der Waals surface area contributed by atoms with E-state index in [0.717, 1.165) is 22.5 Å². The highest BCUT2D eigenvalue weighted by Gasteiger charge is 2.48. The molecule has 252 valence electrons. The van der Waals surface area contributed by atoms with Crippen LogP contribution in [0.4, 0.5) is 17.1 Å². The molecule has 0 bridgehead atoms. The highest BCUT2D eigenvalue weighted by molar-refractivity contribution is 6.20. The average molecular weight is 687 g/mol. The maximum atomic E-state index is 4.76. The summed E-state index contributed by atoms with van der Waals surface area (Å²) < 4.78 is 0. The van der Waals surface area contributed by atoms with Gasteiger partial charge in [0.15, 0.2) is 0 Å². The molecule has 2 aliphatic rings. The molecule has 0 amide bonds. The predicted molar refractivity (Wildman–Crippen MR) is 224 cm³/mol. The minimum Gasteiger partial charge on any atom is -0.309 e. The van der Waals surface area contributed by atoms with Crippen molar-refractivity contribution in [3.63, 3.8) is 0 Å². The predicted octanol–water partition coefficient (Wildman–Crippen LogP) is 13.4. The van der Waals surface area contributed by atoms with Crippen LogP contribution in [0, 0.1) is 0 Å². The number of pyridine rings is 1. The molecule has 1 aliphatic carbocycles. The molecule has 0 fully saturated rings. The molecule has 9 aromatic rings. The second-order valence-corrected chi connectivity index (χ2v) is 14.2. The van der Waals surface area contributed by atoms with Crippen molar-refractivity contribution in [2.45, 2.75) is 5.41 Å². The molecule has 0 N–H and O–H groups in total. The molecule has 2 heterocycles. The van der Waals surface area contributed by atoms with Crippen LogP contribution >= 0.6 is 0 Å². The largest absolute Gasteiger partial charge is 0.309 e. The fourth-order valence-corrected chi connectivity index (χ4v) is 9.34. The Labute approximate surface area is 315 Å². The van der Waals surface area contributed by atoms with Crippen LogP contribution in [-0.4, -0.2) is 4.98 Å². The molecule has 0 unspecified atom stereocenters. The number of anilines is 3.